The molecule has 1 fully saturated rings. The first-order chi connectivity index (χ1) is 17.6. The number of aromatic nitrogens is 1. The van der Waals surface area contributed by atoms with Gasteiger partial charge in [-0.25, -0.2) is 0 Å². The van der Waals surface area contributed by atoms with Gasteiger partial charge in [0.1, 0.15) is 18.1 Å². The molecule has 2 heterocycles. The van der Waals surface area contributed by atoms with Gasteiger partial charge in [-0.05, 0) is 41.0 Å². The van der Waals surface area contributed by atoms with Crippen LogP contribution in [-0.4, -0.2) is 26.7 Å². The van der Waals surface area contributed by atoms with Crippen LogP contribution in [0.25, 0.3) is 5.76 Å². The fourth-order valence-corrected chi connectivity index (χ4v) is 4.35. The normalized spacial score (nSPS) is 16.8. The molecule has 0 saturated carbocycles. The molecular weight excluding hydrogens is 452 g/mol. The predicted octanol–water partition coefficient (Wildman–Crippen LogP) is 5.28. The van der Waals surface area contributed by atoms with Gasteiger partial charge < -0.3 is 14.7 Å². The number of aliphatic hydroxyl groups is 1. The first-order valence-corrected chi connectivity index (χ1v) is 11.6. The van der Waals surface area contributed by atoms with Gasteiger partial charge in [0.05, 0.1) is 11.6 Å². The Labute approximate surface area is 209 Å². The lowest BCUT2D eigenvalue weighted by Crippen LogP contribution is -2.29. The van der Waals surface area contributed by atoms with Gasteiger partial charge in [0.2, 0.25) is 0 Å². The number of likely N-dealkylation sites (tertiary alicyclic amines) is 1. The Hall–Kier alpha value is -4.71. The molecule has 1 saturated heterocycles. The van der Waals surface area contributed by atoms with Crippen LogP contribution >= 0.6 is 0 Å². The van der Waals surface area contributed by atoms with Crippen LogP contribution in [0.5, 0.6) is 5.75 Å². The molecule has 1 aliphatic heterocycles. The Bertz CT molecular complexity index is 1400. The third kappa shape index (κ3) is 4.74. The van der Waals surface area contributed by atoms with Crippen molar-refractivity contribution in [2.45, 2.75) is 19.2 Å². The van der Waals surface area contributed by atoms with Crippen LogP contribution in [0, 0.1) is 0 Å². The van der Waals surface area contributed by atoms with Crippen molar-refractivity contribution >= 4 is 17.4 Å². The van der Waals surface area contributed by atoms with E-state index in [-0.39, 0.29) is 17.9 Å². The number of ketones is 1. The first kappa shape index (κ1) is 23.1. The largest absolute Gasteiger partial charge is 0.507 e. The summed E-state index contributed by atoms with van der Waals surface area (Å²) in [7, 11) is 0. The minimum absolute atomic E-state index is 0.0438. The monoisotopic (exact) mass is 476 g/mol. The summed E-state index contributed by atoms with van der Waals surface area (Å²) in [6, 6.07) is 29.0. The minimum Gasteiger partial charge on any atom is -0.507 e. The summed E-state index contributed by atoms with van der Waals surface area (Å²) >= 11 is 0. The molecule has 1 aromatic heterocycles. The van der Waals surface area contributed by atoms with Crippen LogP contribution in [0.15, 0.2) is 115 Å². The lowest BCUT2D eigenvalue weighted by atomic mass is 9.95. The summed E-state index contributed by atoms with van der Waals surface area (Å²) in [5, 5.41) is 11.2. The molecule has 1 amide bonds. The van der Waals surface area contributed by atoms with Gasteiger partial charge in [-0.1, -0.05) is 72.8 Å². The van der Waals surface area contributed by atoms with Crippen LogP contribution in [0.1, 0.15) is 28.3 Å². The molecule has 3 aromatic carbocycles. The summed E-state index contributed by atoms with van der Waals surface area (Å²) in [6.45, 7) is 0.601. The number of amides is 1. The minimum atomic E-state index is -0.779. The summed E-state index contributed by atoms with van der Waals surface area (Å²) < 4.78 is 6.00. The number of carbonyl (C=O) groups excluding carboxylic acids is 2. The highest BCUT2D eigenvalue weighted by atomic mass is 16.5. The standard InChI is InChI=1S/C30H24N2O4/c33-28(23-14-16-31-17-15-23)26-27(32(30(35)29(26)34)19-21-8-3-1-4-9-21)24-12-7-13-25(18-24)36-20-22-10-5-2-6-11-22/h1-18,27,33H,19-20H2/b28-26+. The number of rotatable bonds is 7. The van der Waals surface area contributed by atoms with E-state index in [1.54, 1.807) is 12.1 Å². The SMILES string of the molecule is O=C1C(=O)N(Cc2ccccc2)C(c2cccc(OCc3ccccc3)c2)/C1=C(\O)c1ccncc1. The summed E-state index contributed by atoms with van der Waals surface area (Å²) in [4.78, 5) is 31.9. The average Bonchev–Trinajstić information content (AvgIpc) is 3.18. The zero-order valence-electron chi connectivity index (χ0n) is 19.5. The topological polar surface area (TPSA) is 79.7 Å². The number of hydrogen-bond donors (Lipinski definition) is 1. The van der Waals surface area contributed by atoms with E-state index in [2.05, 4.69) is 4.98 Å². The average molecular weight is 477 g/mol. The molecular formula is C30H24N2O4. The molecule has 0 spiro atoms. The second-order valence-corrected chi connectivity index (χ2v) is 8.50. The Kier molecular flexibility index (Phi) is 6.58. The third-order valence-corrected chi connectivity index (χ3v) is 6.11. The van der Waals surface area contributed by atoms with E-state index >= 15 is 0 Å². The van der Waals surface area contributed by atoms with Crippen molar-refractivity contribution in [3.63, 3.8) is 0 Å². The molecule has 1 atom stereocenters. The highest BCUT2D eigenvalue weighted by Gasteiger charge is 2.46. The van der Waals surface area contributed by atoms with Crippen molar-refractivity contribution in [1.82, 2.24) is 9.88 Å². The van der Waals surface area contributed by atoms with Crippen molar-refractivity contribution in [3.05, 3.63) is 137 Å². The van der Waals surface area contributed by atoms with Gasteiger partial charge in [-0.3, -0.25) is 14.6 Å². The molecule has 5 rings (SSSR count). The smallest absolute Gasteiger partial charge is 0.295 e. The van der Waals surface area contributed by atoms with E-state index in [4.69, 9.17) is 4.74 Å². The zero-order chi connectivity index (χ0) is 24.9. The molecule has 178 valence electrons. The number of benzene rings is 3. The number of Topliss-reactive ketones (excluding diaryl/α,β-unsaturated/α-hetero) is 1. The van der Waals surface area contributed by atoms with Crippen LogP contribution < -0.4 is 4.74 Å². The zero-order valence-corrected chi connectivity index (χ0v) is 19.5. The molecule has 0 radical (unpaired) electrons. The lowest BCUT2D eigenvalue weighted by molar-refractivity contribution is -0.140. The van der Waals surface area contributed by atoms with Crippen molar-refractivity contribution in [2.24, 2.45) is 0 Å². The Morgan fingerprint density at radius 2 is 1.50 bits per heavy atom. The molecule has 0 bridgehead atoms. The highest BCUT2D eigenvalue weighted by Crippen LogP contribution is 2.41. The van der Waals surface area contributed by atoms with Crippen molar-refractivity contribution in [2.75, 3.05) is 0 Å². The van der Waals surface area contributed by atoms with Crippen LogP contribution in [0.2, 0.25) is 0 Å². The van der Waals surface area contributed by atoms with Crippen molar-refractivity contribution < 1.29 is 19.4 Å². The van der Waals surface area contributed by atoms with Gasteiger partial charge in [0, 0.05) is 24.5 Å². The second kappa shape index (κ2) is 10.3. The van der Waals surface area contributed by atoms with Gasteiger partial charge >= 0.3 is 0 Å². The maximum Gasteiger partial charge on any atom is 0.295 e. The quantitative estimate of drug-likeness (QED) is 0.223. The van der Waals surface area contributed by atoms with E-state index in [0.29, 0.717) is 23.5 Å². The number of pyridine rings is 1. The van der Waals surface area contributed by atoms with E-state index in [1.807, 2.05) is 84.9 Å². The third-order valence-electron chi connectivity index (χ3n) is 6.11. The molecule has 1 unspecified atom stereocenters. The van der Waals surface area contributed by atoms with Crippen molar-refractivity contribution in [3.8, 4) is 5.75 Å². The van der Waals surface area contributed by atoms with Gasteiger partial charge in [0.15, 0.2) is 0 Å². The summed E-state index contributed by atoms with van der Waals surface area (Å²) in [5.74, 6) is -1.01. The van der Waals surface area contributed by atoms with Crippen LogP contribution in [0.3, 0.4) is 0 Å². The lowest BCUT2D eigenvalue weighted by Gasteiger charge is -2.26. The van der Waals surface area contributed by atoms with Gasteiger partial charge in [-0.15, -0.1) is 0 Å². The van der Waals surface area contributed by atoms with E-state index in [0.717, 1.165) is 11.1 Å². The molecule has 0 aliphatic carbocycles. The summed E-state index contributed by atoms with van der Waals surface area (Å²) in [5.41, 5.74) is 3.04. The molecule has 36 heavy (non-hydrogen) atoms. The molecule has 1 N–H and O–H groups in total. The van der Waals surface area contributed by atoms with Crippen LogP contribution in [0.4, 0.5) is 0 Å². The Morgan fingerprint density at radius 1 is 0.833 bits per heavy atom. The maximum absolute atomic E-state index is 13.2. The molecule has 4 aromatic rings. The number of carbonyl (C=O) groups is 2. The highest BCUT2D eigenvalue weighted by molar-refractivity contribution is 6.46. The van der Waals surface area contributed by atoms with Crippen molar-refractivity contribution in [1.29, 1.82) is 0 Å². The second-order valence-electron chi connectivity index (χ2n) is 8.50. The molecule has 1 aliphatic rings. The van der Waals surface area contributed by atoms with E-state index < -0.39 is 17.7 Å². The molecule has 6 heteroatoms. The number of nitrogens with zero attached hydrogens (tertiary/aromatic N) is 2. The first-order valence-electron chi connectivity index (χ1n) is 11.6. The predicted molar refractivity (Wildman–Crippen MR) is 136 cm³/mol. The van der Waals surface area contributed by atoms with Gasteiger partial charge in [-0.2, -0.15) is 0 Å². The number of ether oxygens (including phenoxy) is 1. The summed E-state index contributed by atoms with van der Waals surface area (Å²) in [6.07, 6.45) is 3.06. The fourth-order valence-electron chi connectivity index (χ4n) is 4.35. The Morgan fingerprint density at radius 3 is 2.19 bits per heavy atom. The van der Waals surface area contributed by atoms with Gasteiger partial charge in [0.25, 0.3) is 11.7 Å². The van der Waals surface area contributed by atoms with E-state index in [1.165, 1.54) is 17.3 Å². The van der Waals surface area contributed by atoms with E-state index in [9.17, 15) is 14.7 Å². The number of hydrogen-bond acceptors (Lipinski definition) is 5. The van der Waals surface area contributed by atoms with Crippen LogP contribution in [-0.2, 0) is 22.7 Å². The maximum atomic E-state index is 13.2. The number of aliphatic hydroxyl groups excluding tert-OH is 1. The molecule has 6 nitrogen and oxygen atoms in total. The fraction of sp³-hybridized carbons (Fsp3) is 0.100. The Balaban J connectivity index is 1.55.